The maximum absolute atomic E-state index is 2.33. The van der Waals surface area contributed by atoms with Crippen LogP contribution in [-0.2, 0) is 6.42 Å². The van der Waals surface area contributed by atoms with Gasteiger partial charge in [0, 0.05) is 23.0 Å². The van der Waals surface area contributed by atoms with E-state index < -0.39 is 0 Å². The van der Waals surface area contributed by atoms with Gasteiger partial charge >= 0.3 is 0 Å². The SMILES string of the molecule is c1ccc(-c2ccc(-c3ccc(N(c4ccccc4)c4ccc(-c5ccc(CC(c6ccc(-c7ccccc7)cc6)c6ccc(-c7ccccc7)cc6)cc5)cc4)cc3)cc2)cc1. The number of hydrogen-bond acceptors (Lipinski definition) is 1. The first-order valence-corrected chi connectivity index (χ1v) is 21.8. The zero-order valence-electron chi connectivity index (χ0n) is 35.1. The number of nitrogens with zero attached hydrogens (tertiary/aromatic N) is 1. The van der Waals surface area contributed by atoms with Crippen molar-refractivity contribution in [3.63, 3.8) is 0 Å². The molecule has 0 radical (unpaired) electrons. The highest BCUT2D eigenvalue weighted by atomic mass is 15.1. The van der Waals surface area contributed by atoms with Gasteiger partial charge in [-0.2, -0.15) is 0 Å². The fraction of sp³-hybridized carbons (Fsp3) is 0.0323. The Morgan fingerprint density at radius 2 is 0.460 bits per heavy atom. The third-order valence-corrected chi connectivity index (χ3v) is 12.2. The molecule has 300 valence electrons. The highest BCUT2D eigenvalue weighted by molar-refractivity contribution is 5.80. The van der Waals surface area contributed by atoms with Crippen molar-refractivity contribution in [2.24, 2.45) is 0 Å². The van der Waals surface area contributed by atoms with Crippen LogP contribution in [0.1, 0.15) is 22.6 Å². The summed E-state index contributed by atoms with van der Waals surface area (Å²) in [6.45, 7) is 0. The fourth-order valence-corrected chi connectivity index (χ4v) is 8.69. The highest BCUT2D eigenvalue weighted by Crippen LogP contribution is 2.38. The Kier molecular flexibility index (Phi) is 11.4. The minimum atomic E-state index is 0.211. The van der Waals surface area contributed by atoms with Crippen molar-refractivity contribution in [3.05, 3.63) is 284 Å². The second kappa shape index (κ2) is 18.3. The molecule has 0 unspecified atom stereocenters. The largest absolute Gasteiger partial charge is 0.311 e. The summed E-state index contributed by atoms with van der Waals surface area (Å²) >= 11 is 0. The smallest absolute Gasteiger partial charge is 0.0462 e. The van der Waals surface area contributed by atoms with Crippen molar-refractivity contribution in [1.29, 1.82) is 0 Å². The van der Waals surface area contributed by atoms with Crippen LogP contribution in [0.25, 0.3) is 55.6 Å². The molecule has 0 amide bonds. The molecule has 0 aliphatic rings. The summed E-state index contributed by atoms with van der Waals surface area (Å²) in [5.74, 6) is 0.211. The van der Waals surface area contributed by atoms with Crippen molar-refractivity contribution in [2.75, 3.05) is 4.90 Å². The van der Waals surface area contributed by atoms with Crippen LogP contribution in [0.15, 0.2) is 267 Å². The zero-order valence-corrected chi connectivity index (χ0v) is 35.1. The Hall–Kier alpha value is -8.00. The van der Waals surface area contributed by atoms with E-state index in [1.54, 1.807) is 0 Å². The Balaban J connectivity index is 0.887. The zero-order chi connectivity index (χ0) is 42.2. The molecular weight excluding hydrogens is 759 g/mol. The second-order valence-electron chi connectivity index (χ2n) is 16.1. The van der Waals surface area contributed by atoms with Gasteiger partial charge in [-0.15, -0.1) is 0 Å². The molecule has 0 aliphatic carbocycles. The molecule has 10 aromatic rings. The van der Waals surface area contributed by atoms with Gasteiger partial charge in [0.15, 0.2) is 0 Å². The summed E-state index contributed by atoms with van der Waals surface area (Å²) in [6.07, 6.45) is 0.901. The van der Waals surface area contributed by atoms with Crippen molar-refractivity contribution in [2.45, 2.75) is 12.3 Å². The minimum Gasteiger partial charge on any atom is -0.311 e. The van der Waals surface area contributed by atoms with Gasteiger partial charge in [-0.25, -0.2) is 0 Å². The van der Waals surface area contributed by atoms with Gasteiger partial charge in [0.1, 0.15) is 0 Å². The van der Waals surface area contributed by atoms with E-state index >= 15 is 0 Å². The second-order valence-corrected chi connectivity index (χ2v) is 16.1. The van der Waals surface area contributed by atoms with E-state index in [2.05, 4.69) is 272 Å². The number of para-hydroxylation sites is 1. The van der Waals surface area contributed by atoms with Gasteiger partial charge in [0.25, 0.3) is 0 Å². The Morgan fingerprint density at radius 1 is 0.222 bits per heavy atom. The summed E-state index contributed by atoms with van der Waals surface area (Å²) in [7, 11) is 0. The van der Waals surface area contributed by atoms with Crippen molar-refractivity contribution >= 4 is 17.1 Å². The van der Waals surface area contributed by atoms with E-state index in [1.807, 2.05) is 0 Å². The van der Waals surface area contributed by atoms with Crippen molar-refractivity contribution < 1.29 is 0 Å². The van der Waals surface area contributed by atoms with E-state index in [1.165, 1.54) is 72.3 Å². The average Bonchev–Trinajstić information content (AvgIpc) is 3.38. The summed E-state index contributed by atoms with van der Waals surface area (Å²) < 4.78 is 0. The molecule has 0 fully saturated rings. The summed E-state index contributed by atoms with van der Waals surface area (Å²) in [5.41, 5.74) is 19.5. The minimum absolute atomic E-state index is 0.211. The normalized spacial score (nSPS) is 11.1. The first-order chi connectivity index (χ1) is 31.2. The number of hydrogen-bond donors (Lipinski definition) is 0. The lowest BCUT2D eigenvalue weighted by atomic mass is 9.84. The molecule has 0 aromatic heterocycles. The van der Waals surface area contributed by atoms with Crippen LogP contribution in [0, 0.1) is 0 Å². The van der Waals surface area contributed by atoms with Crippen molar-refractivity contribution in [1.82, 2.24) is 0 Å². The Bertz CT molecular complexity index is 2900. The standard InChI is InChI=1S/C62H47N/c1-5-13-47(14-6-1)51-25-27-54(28-26-51)56-39-43-61(44-40-56)63(59-19-11-4-12-20-59)60-41-37-55(38-42-60)50-23-21-46(22-24-50)45-62(57-33-29-52(30-34-57)48-15-7-2-8-16-48)58-35-31-53(32-36-58)49-17-9-3-10-18-49/h1-44,62H,45H2. The molecular formula is C62H47N. The molecule has 0 spiro atoms. The number of rotatable bonds is 12. The molecule has 0 heterocycles. The van der Waals surface area contributed by atoms with Gasteiger partial charge < -0.3 is 4.90 Å². The maximum atomic E-state index is 2.33. The number of anilines is 3. The predicted octanol–water partition coefficient (Wildman–Crippen LogP) is 16.9. The lowest BCUT2D eigenvalue weighted by Gasteiger charge is -2.26. The monoisotopic (exact) mass is 805 g/mol. The molecule has 0 saturated heterocycles. The lowest BCUT2D eigenvalue weighted by Crippen LogP contribution is -2.09. The summed E-state index contributed by atoms with van der Waals surface area (Å²) in [5, 5.41) is 0. The average molecular weight is 806 g/mol. The molecule has 0 atom stereocenters. The first-order valence-electron chi connectivity index (χ1n) is 21.8. The third kappa shape index (κ3) is 8.91. The Labute approximate surface area is 371 Å². The molecule has 0 aliphatic heterocycles. The molecule has 1 nitrogen and oxygen atoms in total. The van der Waals surface area contributed by atoms with Gasteiger partial charge in [0.2, 0.25) is 0 Å². The Morgan fingerprint density at radius 3 is 0.794 bits per heavy atom. The third-order valence-electron chi connectivity index (χ3n) is 12.2. The van der Waals surface area contributed by atoms with Crippen molar-refractivity contribution in [3.8, 4) is 55.6 Å². The quantitative estimate of drug-likeness (QED) is 0.119. The molecule has 0 N–H and O–H groups in total. The first kappa shape index (κ1) is 39.2. The predicted molar refractivity (Wildman–Crippen MR) is 267 cm³/mol. The van der Waals surface area contributed by atoms with Crippen LogP contribution in [-0.4, -0.2) is 0 Å². The maximum Gasteiger partial charge on any atom is 0.0462 e. The highest BCUT2D eigenvalue weighted by Gasteiger charge is 2.17. The van der Waals surface area contributed by atoms with Crippen LogP contribution < -0.4 is 4.90 Å². The molecule has 10 aromatic carbocycles. The van der Waals surface area contributed by atoms with Gasteiger partial charge in [-0.1, -0.05) is 231 Å². The van der Waals surface area contributed by atoms with Crippen LogP contribution in [0.5, 0.6) is 0 Å². The van der Waals surface area contributed by atoms with Gasteiger partial charge in [-0.05, 0) is 115 Å². The summed E-state index contributed by atoms with van der Waals surface area (Å²) in [4.78, 5) is 2.33. The lowest BCUT2D eigenvalue weighted by molar-refractivity contribution is 0.805. The van der Waals surface area contributed by atoms with Crippen LogP contribution >= 0.6 is 0 Å². The van der Waals surface area contributed by atoms with Crippen LogP contribution in [0.2, 0.25) is 0 Å². The van der Waals surface area contributed by atoms with E-state index in [4.69, 9.17) is 0 Å². The van der Waals surface area contributed by atoms with Crippen LogP contribution in [0.3, 0.4) is 0 Å². The fourth-order valence-electron chi connectivity index (χ4n) is 8.69. The topological polar surface area (TPSA) is 3.24 Å². The molecule has 63 heavy (non-hydrogen) atoms. The molecule has 0 bridgehead atoms. The van der Waals surface area contributed by atoms with Gasteiger partial charge in [0.05, 0.1) is 0 Å². The molecule has 10 rings (SSSR count). The van der Waals surface area contributed by atoms with Gasteiger partial charge in [-0.3, -0.25) is 0 Å². The van der Waals surface area contributed by atoms with E-state index in [0.29, 0.717) is 0 Å². The van der Waals surface area contributed by atoms with E-state index in [-0.39, 0.29) is 5.92 Å². The molecule has 0 saturated carbocycles. The molecule has 1 heteroatoms. The van der Waals surface area contributed by atoms with E-state index in [9.17, 15) is 0 Å². The van der Waals surface area contributed by atoms with Crippen LogP contribution in [0.4, 0.5) is 17.1 Å². The summed E-state index contributed by atoms with van der Waals surface area (Å²) in [6, 6.07) is 96.6. The van der Waals surface area contributed by atoms with E-state index in [0.717, 1.165) is 23.5 Å². The number of benzene rings is 10.